The first-order valence-electron chi connectivity index (χ1n) is 4.64. The quantitative estimate of drug-likeness (QED) is 0.831. The van der Waals surface area contributed by atoms with E-state index in [2.05, 4.69) is 31.4 Å². The van der Waals surface area contributed by atoms with Crippen molar-refractivity contribution in [3.8, 4) is 12.1 Å². The van der Waals surface area contributed by atoms with Crippen LogP contribution < -0.4 is 5.32 Å². The van der Waals surface area contributed by atoms with Gasteiger partial charge in [-0.05, 0) is 12.1 Å². The van der Waals surface area contributed by atoms with E-state index >= 15 is 0 Å². The summed E-state index contributed by atoms with van der Waals surface area (Å²) in [5.74, 6) is 0. The molecule has 0 fully saturated rings. The van der Waals surface area contributed by atoms with E-state index in [1.54, 1.807) is 18.3 Å². The summed E-state index contributed by atoms with van der Waals surface area (Å²) in [5.41, 5.74) is 1.58. The van der Waals surface area contributed by atoms with Gasteiger partial charge in [0.05, 0.1) is 17.4 Å². The van der Waals surface area contributed by atoms with E-state index in [-0.39, 0.29) is 5.57 Å². The van der Waals surface area contributed by atoms with Gasteiger partial charge in [0, 0.05) is 16.1 Å². The molecule has 1 heterocycles. The van der Waals surface area contributed by atoms with Gasteiger partial charge in [-0.2, -0.15) is 15.6 Å². The van der Waals surface area contributed by atoms with Crippen LogP contribution in [0.4, 0.5) is 5.69 Å². The number of benzene rings is 1. The number of rotatable bonds is 2. The fourth-order valence-corrected chi connectivity index (χ4v) is 1.79. The highest BCUT2D eigenvalue weighted by Gasteiger charge is 2.05. The zero-order chi connectivity index (χ0) is 12.3. The summed E-state index contributed by atoms with van der Waals surface area (Å²) in [6, 6.07) is 7.25. The minimum Gasteiger partial charge on any atom is -0.358 e. The topological polar surface area (TPSA) is 88.3 Å². The first-order valence-corrected chi connectivity index (χ1v) is 5.44. The summed E-state index contributed by atoms with van der Waals surface area (Å²) >= 11 is 3.41. The van der Waals surface area contributed by atoms with Gasteiger partial charge in [0.25, 0.3) is 0 Å². The number of halogens is 1. The SMILES string of the molecule is N#CC(C#N)=CNc1ccc(Br)c2cn[nH]c12. The standard InChI is InChI=1S/C11H6BrN5/c12-9-1-2-10(11-8(9)6-16-17-11)15-5-7(3-13)4-14/h1-2,5-6,15H,(H,16,17). The van der Waals surface area contributed by atoms with Gasteiger partial charge in [0.2, 0.25) is 0 Å². The number of fused-ring (bicyclic) bond motifs is 1. The second-order valence-electron chi connectivity index (χ2n) is 3.18. The number of aromatic amines is 1. The molecular formula is C11H6BrN5. The van der Waals surface area contributed by atoms with Crippen LogP contribution in [0.15, 0.2) is 34.6 Å². The molecular weight excluding hydrogens is 282 g/mol. The lowest BCUT2D eigenvalue weighted by atomic mass is 10.2. The second kappa shape index (κ2) is 4.69. The molecule has 17 heavy (non-hydrogen) atoms. The lowest BCUT2D eigenvalue weighted by molar-refractivity contribution is 1.12. The van der Waals surface area contributed by atoms with E-state index in [1.807, 2.05) is 12.1 Å². The number of nitrogens with one attached hydrogen (secondary N) is 2. The maximum absolute atomic E-state index is 8.61. The number of allylic oxidation sites excluding steroid dienone is 1. The molecule has 1 aromatic carbocycles. The molecule has 0 spiro atoms. The van der Waals surface area contributed by atoms with Crippen molar-refractivity contribution in [3.05, 3.63) is 34.6 Å². The van der Waals surface area contributed by atoms with Crippen LogP contribution in [0, 0.1) is 22.7 Å². The fraction of sp³-hybridized carbons (Fsp3) is 0. The number of anilines is 1. The van der Waals surface area contributed by atoms with Crippen molar-refractivity contribution >= 4 is 32.5 Å². The molecule has 0 saturated carbocycles. The zero-order valence-corrected chi connectivity index (χ0v) is 10.1. The monoisotopic (exact) mass is 287 g/mol. The van der Waals surface area contributed by atoms with Gasteiger partial charge in [-0.15, -0.1) is 0 Å². The van der Waals surface area contributed by atoms with Crippen LogP contribution >= 0.6 is 15.9 Å². The van der Waals surface area contributed by atoms with E-state index in [0.717, 1.165) is 21.1 Å². The lowest BCUT2D eigenvalue weighted by Crippen LogP contribution is -1.91. The fourth-order valence-electron chi connectivity index (χ4n) is 1.36. The van der Waals surface area contributed by atoms with Crippen LogP contribution in [0.3, 0.4) is 0 Å². The highest BCUT2D eigenvalue weighted by atomic mass is 79.9. The van der Waals surface area contributed by atoms with Gasteiger partial charge in [-0.1, -0.05) is 15.9 Å². The Labute approximate surface area is 105 Å². The van der Waals surface area contributed by atoms with E-state index in [9.17, 15) is 0 Å². The number of hydrogen-bond acceptors (Lipinski definition) is 4. The number of nitrogens with zero attached hydrogens (tertiary/aromatic N) is 3. The molecule has 0 aliphatic rings. The normalized spacial score (nSPS) is 9.35. The van der Waals surface area contributed by atoms with Gasteiger partial charge in [0.15, 0.2) is 0 Å². The minimum absolute atomic E-state index is 0.0144. The Morgan fingerprint density at radius 3 is 2.88 bits per heavy atom. The van der Waals surface area contributed by atoms with Crippen LogP contribution in [0.25, 0.3) is 10.9 Å². The first-order chi connectivity index (χ1) is 8.26. The molecule has 0 aliphatic carbocycles. The molecule has 1 aromatic heterocycles. The predicted octanol–water partition coefficient (Wildman–Crippen LogP) is 2.67. The maximum atomic E-state index is 8.61. The van der Waals surface area contributed by atoms with Gasteiger partial charge >= 0.3 is 0 Å². The molecule has 2 N–H and O–H groups in total. The molecule has 2 aromatic rings. The summed E-state index contributed by atoms with van der Waals surface area (Å²) in [7, 11) is 0. The van der Waals surface area contributed by atoms with E-state index < -0.39 is 0 Å². The van der Waals surface area contributed by atoms with Crippen LogP contribution in [-0.2, 0) is 0 Å². The highest BCUT2D eigenvalue weighted by Crippen LogP contribution is 2.28. The Balaban J connectivity index is 2.42. The maximum Gasteiger partial charge on any atom is 0.145 e. The van der Waals surface area contributed by atoms with Crippen LogP contribution in [0.5, 0.6) is 0 Å². The summed E-state index contributed by atoms with van der Waals surface area (Å²) in [4.78, 5) is 0. The molecule has 0 saturated heterocycles. The molecule has 0 amide bonds. The summed E-state index contributed by atoms with van der Waals surface area (Å²) in [6.07, 6.45) is 3.06. The molecule has 0 atom stereocenters. The molecule has 0 unspecified atom stereocenters. The van der Waals surface area contributed by atoms with Crippen LogP contribution in [0.2, 0.25) is 0 Å². The van der Waals surface area contributed by atoms with E-state index in [1.165, 1.54) is 6.20 Å². The largest absolute Gasteiger partial charge is 0.358 e. The van der Waals surface area contributed by atoms with Crippen LogP contribution in [-0.4, -0.2) is 10.2 Å². The minimum atomic E-state index is 0.0144. The van der Waals surface area contributed by atoms with Crippen LogP contribution in [0.1, 0.15) is 0 Å². The van der Waals surface area contributed by atoms with Crippen molar-refractivity contribution < 1.29 is 0 Å². The molecule has 6 heteroatoms. The molecule has 0 radical (unpaired) electrons. The lowest BCUT2D eigenvalue weighted by Gasteiger charge is -2.03. The third-order valence-corrected chi connectivity index (χ3v) is 2.87. The first kappa shape index (κ1) is 11.2. The average Bonchev–Trinajstić information content (AvgIpc) is 2.83. The van der Waals surface area contributed by atoms with Crippen molar-refractivity contribution in [1.29, 1.82) is 10.5 Å². The van der Waals surface area contributed by atoms with Crippen molar-refractivity contribution in [1.82, 2.24) is 10.2 Å². The molecule has 5 nitrogen and oxygen atoms in total. The van der Waals surface area contributed by atoms with Gasteiger partial charge < -0.3 is 5.32 Å². The van der Waals surface area contributed by atoms with E-state index in [0.29, 0.717) is 0 Å². The smallest absolute Gasteiger partial charge is 0.145 e. The number of hydrogen-bond donors (Lipinski definition) is 2. The Hall–Kier alpha value is -2.31. The number of aromatic nitrogens is 2. The average molecular weight is 288 g/mol. The Kier molecular flexibility index (Phi) is 3.08. The van der Waals surface area contributed by atoms with Crippen molar-refractivity contribution in [3.63, 3.8) is 0 Å². The number of H-pyrrole nitrogens is 1. The molecule has 0 bridgehead atoms. The Bertz CT molecular complexity index is 655. The molecule has 82 valence electrons. The highest BCUT2D eigenvalue weighted by molar-refractivity contribution is 9.10. The van der Waals surface area contributed by atoms with Crippen molar-refractivity contribution in [2.24, 2.45) is 0 Å². The predicted molar refractivity (Wildman–Crippen MR) is 66.7 cm³/mol. The Morgan fingerprint density at radius 1 is 1.41 bits per heavy atom. The summed E-state index contributed by atoms with van der Waals surface area (Å²) < 4.78 is 0.927. The Morgan fingerprint density at radius 2 is 2.18 bits per heavy atom. The van der Waals surface area contributed by atoms with Gasteiger partial charge in [-0.3, -0.25) is 5.10 Å². The van der Waals surface area contributed by atoms with E-state index in [4.69, 9.17) is 10.5 Å². The third kappa shape index (κ3) is 2.12. The molecule has 0 aliphatic heterocycles. The van der Waals surface area contributed by atoms with Gasteiger partial charge in [-0.25, -0.2) is 0 Å². The van der Waals surface area contributed by atoms with Gasteiger partial charge in [0.1, 0.15) is 17.7 Å². The summed E-state index contributed by atoms with van der Waals surface area (Å²) in [5, 5.41) is 27.9. The second-order valence-corrected chi connectivity index (χ2v) is 4.03. The summed E-state index contributed by atoms with van der Waals surface area (Å²) in [6.45, 7) is 0. The zero-order valence-electron chi connectivity index (χ0n) is 8.53. The van der Waals surface area contributed by atoms with Crippen molar-refractivity contribution in [2.45, 2.75) is 0 Å². The third-order valence-electron chi connectivity index (χ3n) is 2.18. The number of nitriles is 2. The van der Waals surface area contributed by atoms with Crippen molar-refractivity contribution in [2.75, 3.05) is 5.32 Å². The molecule has 2 rings (SSSR count).